The molecule has 1 N–H and O–H groups in total. The Morgan fingerprint density at radius 1 is 1.33 bits per heavy atom. The molecule has 0 amide bonds. The molecule has 2 bridgehead atoms. The number of piperidine rings is 2. The van der Waals surface area contributed by atoms with Crippen LogP contribution in [0.1, 0.15) is 39.0 Å². The van der Waals surface area contributed by atoms with Gasteiger partial charge in [-0.2, -0.15) is 0 Å². The molecular weight excluding hydrogens is 222 g/mol. The van der Waals surface area contributed by atoms with Crippen LogP contribution >= 0.6 is 0 Å². The molecule has 2 unspecified atom stereocenters. The number of nitrogens with one attached hydrogen (secondary N) is 1. The van der Waals surface area contributed by atoms with E-state index < -0.39 is 0 Å². The number of hydrogen-bond donors (Lipinski definition) is 1. The summed E-state index contributed by atoms with van der Waals surface area (Å²) >= 11 is 0. The predicted molar refractivity (Wildman–Crippen MR) is 74.8 cm³/mol. The highest BCUT2D eigenvalue weighted by atomic mass is 15.2. The molecule has 0 aromatic carbocycles. The third kappa shape index (κ3) is 2.24. The van der Waals surface area contributed by atoms with Crippen molar-refractivity contribution in [3.05, 3.63) is 24.5 Å². The second kappa shape index (κ2) is 5.27. The Labute approximate surface area is 110 Å². The van der Waals surface area contributed by atoms with E-state index in [0.717, 1.165) is 12.6 Å². The summed E-state index contributed by atoms with van der Waals surface area (Å²) in [5.74, 6) is 0. The van der Waals surface area contributed by atoms with E-state index in [4.69, 9.17) is 0 Å². The number of rotatable bonds is 3. The molecule has 98 valence electrons. The van der Waals surface area contributed by atoms with E-state index in [1.807, 2.05) is 12.4 Å². The summed E-state index contributed by atoms with van der Waals surface area (Å²) < 4.78 is 0. The Morgan fingerprint density at radius 2 is 2.11 bits per heavy atom. The Morgan fingerprint density at radius 3 is 2.72 bits per heavy atom. The molecule has 0 aliphatic carbocycles. The summed E-state index contributed by atoms with van der Waals surface area (Å²) in [6, 6.07) is 6.42. The molecule has 3 heteroatoms. The van der Waals surface area contributed by atoms with Crippen LogP contribution < -0.4 is 10.2 Å². The lowest BCUT2D eigenvalue weighted by molar-refractivity contribution is 0.247. The van der Waals surface area contributed by atoms with Crippen molar-refractivity contribution in [2.75, 3.05) is 11.4 Å². The molecular formula is C15H23N3. The van der Waals surface area contributed by atoms with E-state index in [1.165, 1.54) is 37.8 Å². The van der Waals surface area contributed by atoms with Gasteiger partial charge < -0.3 is 10.2 Å². The molecule has 2 aliphatic heterocycles. The van der Waals surface area contributed by atoms with Gasteiger partial charge in [-0.25, -0.2) is 0 Å². The van der Waals surface area contributed by atoms with Gasteiger partial charge in [0.1, 0.15) is 0 Å². The molecule has 3 heterocycles. The van der Waals surface area contributed by atoms with Gasteiger partial charge in [0.25, 0.3) is 0 Å². The summed E-state index contributed by atoms with van der Waals surface area (Å²) in [6.45, 7) is 3.31. The summed E-state index contributed by atoms with van der Waals surface area (Å²) in [6.07, 6.45) is 10.5. The van der Waals surface area contributed by atoms with E-state index in [0.29, 0.717) is 12.1 Å². The third-order valence-corrected chi connectivity index (χ3v) is 4.41. The number of nitrogens with zero attached hydrogens (tertiary/aromatic N) is 2. The first-order valence-electron chi connectivity index (χ1n) is 7.30. The van der Waals surface area contributed by atoms with Crippen LogP contribution in [-0.4, -0.2) is 29.7 Å². The molecule has 2 aliphatic rings. The molecule has 2 atom stereocenters. The molecule has 0 spiro atoms. The molecule has 2 fully saturated rings. The Kier molecular flexibility index (Phi) is 3.50. The number of fused-ring (bicyclic) bond motifs is 2. The van der Waals surface area contributed by atoms with Crippen molar-refractivity contribution in [3.8, 4) is 0 Å². The molecule has 3 nitrogen and oxygen atoms in total. The van der Waals surface area contributed by atoms with Crippen molar-refractivity contribution in [2.24, 2.45) is 0 Å². The molecule has 1 aromatic heterocycles. The average molecular weight is 245 g/mol. The minimum absolute atomic E-state index is 0.714. The zero-order valence-corrected chi connectivity index (χ0v) is 11.2. The smallest absolute Gasteiger partial charge is 0.0557 e. The predicted octanol–water partition coefficient (Wildman–Crippen LogP) is 2.58. The van der Waals surface area contributed by atoms with Crippen molar-refractivity contribution in [3.63, 3.8) is 0 Å². The van der Waals surface area contributed by atoms with Crippen molar-refractivity contribution in [2.45, 2.75) is 57.2 Å². The molecule has 0 saturated carbocycles. The van der Waals surface area contributed by atoms with Crippen molar-refractivity contribution >= 4 is 5.69 Å². The second-order valence-electron chi connectivity index (χ2n) is 5.58. The number of anilines is 1. The highest BCUT2D eigenvalue weighted by molar-refractivity contribution is 5.47. The summed E-state index contributed by atoms with van der Waals surface area (Å²) in [5, 5.41) is 3.64. The van der Waals surface area contributed by atoms with Crippen LogP contribution in [-0.2, 0) is 0 Å². The average Bonchev–Trinajstić information content (AvgIpc) is 2.39. The molecule has 2 saturated heterocycles. The maximum Gasteiger partial charge on any atom is 0.0557 e. The van der Waals surface area contributed by atoms with Crippen LogP contribution in [0.15, 0.2) is 24.5 Å². The van der Waals surface area contributed by atoms with Gasteiger partial charge in [0.05, 0.1) is 11.9 Å². The SMILES string of the molecule is CCNC1CC2CCCC(C1)N2c1cccnc1. The van der Waals surface area contributed by atoms with Crippen LogP contribution in [0.3, 0.4) is 0 Å². The fourth-order valence-electron chi connectivity index (χ4n) is 3.76. The van der Waals surface area contributed by atoms with Gasteiger partial charge in [-0.1, -0.05) is 6.92 Å². The highest BCUT2D eigenvalue weighted by Crippen LogP contribution is 2.37. The van der Waals surface area contributed by atoms with E-state index in [1.54, 1.807) is 0 Å². The molecule has 1 aromatic rings. The van der Waals surface area contributed by atoms with Crippen LogP contribution in [0, 0.1) is 0 Å². The molecule has 18 heavy (non-hydrogen) atoms. The zero-order valence-electron chi connectivity index (χ0n) is 11.2. The van der Waals surface area contributed by atoms with Gasteiger partial charge in [0.2, 0.25) is 0 Å². The maximum absolute atomic E-state index is 4.29. The highest BCUT2D eigenvalue weighted by Gasteiger charge is 2.37. The van der Waals surface area contributed by atoms with E-state index >= 15 is 0 Å². The first-order valence-corrected chi connectivity index (χ1v) is 7.30. The van der Waals surface area contributed by atoms with E-state index in [9.17, 15) is 0 Å². The first-order chi connectivity index (χ1) is 8.88. The lowest BCUT2D eigenvalue weighted by atomic mass is 9.81. The van der Waals surface area contributed by atoms with Crippen molar-refractivity contribution < 1.29 is 0 Å². The minimum atomic E-state index is 0.714. The van der Waals surface area contributed by atoms with Gasteiger partial charge in [0, 0.05) is 24.3 Å². The lowest BCUT2D eigenvalue weighted by Gasteiger charge is -2.50. The monoisotopic (exact) mass is 245 g/mol. The number of pyridine rings is 1. The quantitative estimate of drug-likeness (QED) is 0.887. The molecule has 0 radical (unpaired) electrons. The van der Waals surface area contributed by atoms with Gasteiger partial charge in [-0.3, -0.25) is 4.98 Å². The minimum Gasteiger partial charge on any atom is -0.364 e. The second-order valence-corrected chi connectivity index (χ2v) is 5.58. The number of hydrogen-bond acceptors (Lipinski definition) is 3. The fraction of sp³-hybridized carbons (Fsp3) is 0.667. The van der Waals surface area contributed by atoms with Crippen LogP contribution in [0.5, 0.6) is 0 Å². The topological polar surface area (TPSA) is 28.2 Å². The first kappa shape index (κ1) is 12.0. The van der Waals surface area contributed by atoms with E-state index in [2.05, 4.69) is 34.3 Å². The van der Waals surface area contributed by atoms with Crippen LogP contribution in [0.2, 0.25) is 0 Å². The summed E-state index contributed by atoms with van der Waals surface area (Å²) in [7, 11) is 0. The Bertz CT molecular complexity index is 365. The van der Waals surface area contributed by atoms with Crippen molar-refractivity contribution in [1.82, 2.24) is 10.3 Å². The summed E-state index contributed by atoms with van der Waals surface area (Å²) in [5.41, 5.74) is 1.32. The maximum atomic E-state index is 4.29. The van der Waals surface area contributed by atoms with Gasteiger partial charge >= 0.3 is 0 Å². The van der Waals surface area contributed by atoms with Gasteiger partial charge in [-0.05, 0) is 50.8 Å². The molecule has 3 rings (SSSR count). The van der Waals surface area contributed by atoms with Crippen LogP contribution in [0.4, 0.5) is 5.69 Å². The Hall–Kier alpha value is -1.09. The fourth-order valence-corrected chi connectivity index (χ4v) is 3.76. The van der Waals surface area contributed by atoms with E-state index in [-0.39, 0.29) is 0 Å². The zero-order chi connectivity index (χ0) is 12.4. The third-order valence-electron chi connectivity index (χ3n) is 4.41. The Balaban J connectivity index is 1.80. The lowest BCUT2D eigenvalue weighted by Crippen LogP contribution is -2.56. The largest absolute Gasteiger partial charge is 0.364 e. The normalized spacial score (nSPS) is 31.4. The number of aromatic nitrogens is 1. The van der Waals surface area contributed by atoms with Crippen molar-refractivity contribution in [1.29, 1.82) is 0 Å². The van der Waals surface area contributed by atoms with Crippen LogP contribution in [0.25, 0.3) is 0 Å². The summed E-state index contributed by atoms with van der Waals surface area (Å²) in [4.78, 5) is 6.93. The van der Waals surface area contributed by atoms with Gasteiger partial charge in [0.15, 0.2) is 0 Å². The standard InChI is InChI=1S/C15H23N3/c1-2-17-12-9-13-5-3-6-14(10-12)18(13)15-7-4-8-16-11-15/h4,7-8,11-14,17H,2-3,5-6,9-10H2,1H3. The van der Waals surface area contributed by atoms with Gasteiger partial charge in [-0.15, -0.1) is 0 Å².